The third-order valence-electron chi connectivity index (χ3n) is 4.04. The Morgan fingerprint density at radius 3 is 2.41 bits per heavy atom. The van der Waals surface area contributed by atoms with E-state index < -0.39 is 14.4 Å². The van der Waals surface area contributed by atoms with Crippen LogP contribution in [0.1, 0.15) is 40.5 Å². The first-order chi connectivity index (χ1) is 7.65. The van der Waals surface area contributed by atoms with Crippen molar-refractivity contribution in [1.82, 2.24) is 0 Å². The van der Waals surface area contributed by atoms with Gasteiger partial charge in [-0.2, -0.15) is 0 Å². The van der Waals surface area contributed by atoms with Gasteiger partial charge >= 0.3 is 0 Å². The second-order valence-electron chi connectivity index (χ2n) is 6.63. The van der Waals surface area contributed by atoms with Crippen LogP contribution in [-0.4, -0.2) is 38.3 Å². The van der Waals surface area contributed by atoms with Gasteiger partial charge in [-0.05, 0) is 37.9 Å². The highest BCUT2D eigenvalue weighted by Crippen LogP contribution is 2.39. The van der Waals surface area contributed by atoms with E-state index in [0.29, 0.717) is 0 Å². The van der Waals surface area contributed by atoms with Gasteiger partial charge in [0.1, 0.15) is 6.10 Å². The van der Waals surface area contributed by atoms with E-state index in [4.69, 9.17) is 9.16 Å². The van der Waals surface area contributed by atoms with Crippen molar-refractivity contribution in [3.05, 3.63) is 0 Å². The molecule has 0 amide bonds. The zero-order chi connectivity index (χ0) is 13.3. The van der Waals surface area contributed by atoms with Gasteiger partial charge in [-0.15, -0.1) is 0 Å². The maximum Gasteiger partial charge on any atom is 0.192 e. The summed E-state index contributed by atoms with van der Waals surface area (Å²) >= 11 is 0. The van der Waals surface area contributed by atoms with Crippen molar-refractivity contribution in [2.24, 2.45) is 0 Å². The minimum Gasteiger partial charge on any atom is -0.411 e. The van der Waals surface area contributed by atoms with E-state index in [1.165, 1.54) is 0 Å². The van der Waals surface area contributed by atoms with Gasteiger partial charge in [0.25, 0.3) is 0 Å². The van der Waals surface area contributed by atoms with Gasteiger partial charge in [0.05, 0.1) is 12.2 Å². The minimum atomic E-state index is -1.77. The zero-order valence-corrected chi connectivity index (χ0v) is 13.1. The van der Waals surface area contributed by atoms with Gasteiger partial charge in [-0.1, -0.05) is 20.8 Å². The average Bonchev–Trinajstić information content (AvgIpc) is 2.15. The van der Waals surface area contributed by atoms with Crippen LogP contribution in [0, 0.1) is 0 Å². The first kappa shape index (κ1) is 15.2. The molecule has 0 aromatic rings. The second-order valence-corrected chi connectivity index (χ2v) is 11.4. The lowest BCUT2D eigenvalue weighted by Crippen LogP contribution is -2.51. The predicted octanol–water partition coefficient (Wildman–Crippen LogP) is 2.94. The standard InChI is InChI=1S/C13H28O3Si/c1-10(14)12-11(8-7-9-15-12)16-17(5,6)13(2,3)4/h10-12,14H,7-9H2,1-6H3/t10?,11-,12+/m1/s1. The SMILES string of the molecule is CC(O)[C@@H]1OCCC[C@H]1O[Si](C)(C)C(C)(C)C. The van der Waals surface area contributed by atoms with Crippen molar-refractivity contribution < 1.29 is 14.3 Å². The first-order valence-electron chi connectivity index (χ1n) is 6.62. The van der Waals surface area contributed by atoms with E-state index in [1.807, 2.05) is 0 Å². The van der Waals surface area contributed by atoms with Crippen LogP contribution in [-0.2, 0) is 9.16 Å². The fourth-order valence-corrected chi connectivity index (χ4v) is 3.27. The summed E-state index contributed by atoms with van der Waals surface area (Å²) in [7, 11) is -1.77. The minimum absolute atomic E-state index is 0.0599. The van der Waals surface area contributed by atoms with Crippen LogP contribution in [0.15, 0.2) is 0 Å². The molecule has 1 unspecified atom stereocenters. The third kappa shape index (κ3) is 3.78. The Morgan fingerprint density at radius 2 is 1.94 bits per heavy atom. The molecule has 1 rings (SSSR count). The molecule has 4 heteroatoms. The Balaban J connectivity index is 2.71. The number of aliphatic hydroxyl groups excluding tert-OH is 1. The highest BCUT2D eigenvalue weighted by atomic mass is 28.4. The Labute approximate surface area is 107 Å². The molecule has 0 aromatic carbocycles. The van der Waals surface area contributed by atoms with E-state index in [1.54, 1.807) is 6.92 Å². The van der Waals surface area contributed by atoms with E-state index in [9.17, 15) is 5.11 Å². The van der Waals surface area contributed by atoms with E-state index in [2.05, 4.69) is 33.9 Å². The monoisotopic (exact) mass is 260 g/mol. The molecule has 17 heavy (non-hydrogen) atoms. The van der Waals surface area contributed by atoms with Crippen LogP contribution in [0.4, 0.5) is 0 Å². The van der Waals surface area contributed by atoms with Crippen molar-refractivity contribution in [1.29, 1.82) is 0 Å². The Hall–Kier alpha value is 0.0969. The van der Waals surface area contributed by atoms with Gasteiger partial charge in [0, 0.05) is 6.61 Å². The lowest BCUT2D eigenvalue weighted by molar-refractivity contribution is -0.116. The van der Waals surface area contributed by atoms with Crippen molar-refractivity contribution in [3.63, 3.8) is 0 Å². The molecule has 0 bridgehead atoms. The smallest absolute Gasteiger partial charge is 0.192 e. The molecular weight excluding hydrogens is 232 g/mol. The number of hydrogen-bond acceptors (Lipinski definition) is 3. The predicted molar refractivity (Wildman–Crippen MR) is 72.7 cm³/mol. The van der Waals surface area contributed by atoms with E-state index in [-0.39, 0.29) is 17.2 Å². The van der Waals surface area contributed by atoms with Crippen LogP contribution in [0.5, 0.6) is 0 Å². The maximum absolute atomic E-state index is 9.76. The van der Waals surface area contributed by atoms with Gasteiger partial charge in [0.2, 0.25) is 0 Å². The molecule has 0 saturated carbocycles. The number of hydrogen-bond donors (Lipinski definition) is 1. The van der Waals surface area contributed by atoms with Crippen molar-refractivity contribution in [2.75, 3.05) is 6.61 Å². The molecule has 102 valence electrons. The molecule has 1 saturated heterocycles. The zero-order valence-electron chi connectivity index (χ0n) is 12.1. The number of rotatable bonds is 3. The van der Waals surface area contributed by atoms with Crippen molar-refractivity contribution in [3.8, 4) is 0 Å². The number of aliphatic hydroxyl groups is 1. The largest absolute Gasteiger partial charge is 0.411 e. The summed E-state index contributed by atoms with van der Waals surface area (Å²) in [5.41, 5.74) is 0. The summed E-state index contributed by atoms with van der Waals surface area (Å²) in [6, 6.07) is 0. The summed E-state index contributed by atoms with van der Waals surface area (Å²) in [5.74, 6) is 0. The lowest BCUT2D eigenvalue weighted by Gasteiger charge is -2.43. The van der Waals surface area contributed by atoms with Gasteiger partial charge < -0.3 is 14.3 Å². The topological polar surface area (TPSA) is 38.7 Å². The molecule has 3 atom stereocenters. The quantitative estimate of drug-likeness (QED) is 0.793. The summed E-state index contributed by atoms with van der Waals surface area (Å²) in [5, 5.41) is 9.96. The fourth-order valence-electron chi connectivity index (χ4n) is 1.91. The summed E-state index contributed by atoms with van der Waals surface area (Å²) in [4.78, 5) is 0. The average molecular weight is 260 g/mol. The second kappa shape index (κ2) is 5.39. The highest BCUT2D eigenvalue weighted by molar-refractivity contribution is 6.74. The maximum atomic E-state index is 9.76. The molecule has 0 aromatic heterocycles. The fraction of sp³-hybridized carbons (Fsp3) is 1.00. The normalized spacial score (nSPS) is 29.1. The molecule has 0 aliphatic carbocycles. The number of ether oxygens (including phenoxy) is 1. The first-order valence-corrected chi connectivity index (χ1v) is 9.53. The molecule has 1 fully saturated rings. The van der Waals surface area contributed by atoms with Crippen LogP contribution >= 0.6 is 0 Å². The molecule has 1 N–H and O–H groups in total. The van der Waals surface area contributed by atoms with Crippen LogP contribution in [0.3, 0.4) is 0 Å². The molecule has 1 aliphatic rings. The van der Waals surface area contributed by atoms with Gasteiger partial charge in [-0.25, -0.2) is 0 Å². The van der Waals surface area contributed by atoms with Gasteiger partial charge in [-0.3, -0.25) is 0 Å². The van der Waals surface area contributed by atoms with Crippen LogP contribution < -0.4 is 0 Å². The molecule has 1 aliphatic heterocycles. The van der Waals surface area contributed by atoms with Crippen LogP contribution in [0.2, 0.25) is 18.1 Å². The molecule has 0 radical (unpaired) electrons. The van der Waals surface area contributed by atoms with Crippen molar-refractivity contribution >= 4 is 8.32 Å². The van der Waals surface area contributed by atoms with Gasteiger partial charge in [0.15, 0.2) is 8.32 Å². The summed E-state index contributed by atoms with van der Waals surface area (Å²) in [6.07, 6.45) is 1.48. The van der Waals surface area contributed by atoms with E-state index >= 15 is 0 Å². The summed E-state index contributed by atoms with van der Waals surface area (Å²) < 4.78 is 12.0. The third-order valence-corrected chi connectivity index (χ3v) is 8.54. The molecule has 3 nitrogen and oxygen atoms in total. The van der Waals surface area contributed by atoms with Crippen molar-refractivity contribution in [2.45, 2.75) is 77.0 Å². The Kier molecular flexibility index (Phi) is 4.80. The molecule has 0 spiro atoms. The Morgan fingerprint density at radius 1 is 1.35 bits per heavy atom. The Bertz CT molecular complexity index is 246. The molecule has 1 heterocycles. The van der Waals surface area contributed by atoms with E-state index in [0.717, 1.165) is 19.4 Å². The molecular formula is C13H28O3Si. The van der Waals surface area contributed by atoms with Crippen LogP contribution in [0.25, 0.3) is 0 Å². The lowest BCUT2D eigenvalue weighted by atomic mass is 10.0. The summed E-state index contributed by atoms with van der Waals surface area (Å²) in [6.45, 7) is 13.7. The highest BCUT2D eigenvalue weighted by Gasteiger charge is 2.42.